The minimum atomic E-state index is -1.28. The maximum absolute atomic E-state index is 11.9. The van der Waals surface area contributed by atoms with Gasteiger partial charge in [-0.3, -0.25) is 4.79 Å². The number of benzene rings is 2. The highest BCUT2D eigenvalue weighted by Gasteiger charge is 2.16. The highest BCUT2D eigenvalue weighted by molar-refractivity contribution is 9.10. The number of hydrogen-bond donors (Lipinski definition) is 2. The maximum atomic E-state index is 11.9. The van der Waals surface area contributed by atoms with Crippen LogP contribution in [-0.4, -0.2) is 31.4 Å². The van der Waals surface area contributed by atoms with Crippen molar-refractivity contribution < 1.29 is 19.4 Å². The number of hydrazone groups is 1. The molecule has 2 aromatic rings. The van der Waals surface area contributed by atoms with Crippen LogP contribution in [-0.2, 0) is 4.79 Å². The standard InChI is InChI=1S/C17H17BrN2O4/c1-23-14-9-11(8-13(18)16(14)24-2)10-19-20-17(22)15(21)12-6-4-3-5-7-12/h3-10,15,21H,1-2H3,(H,20,22). The molecule has 0 aliphatic carbocycles. The molecule has 2 rings (SSSR count). The number of halogens is 1. The van der Waals surface area contributed by atoms with Crippen molar-refractivity contribution in [2.24, 2.45) is 5.10 Å². The Kier molecular flexibility index (Phi) is 6.34. The lowest BCUT2D eigenvalue weighted by Crippen LogP contribution is -2.25. The zero-order valence-corrected chi connectivity index (χ0v) is 14.8. The summed E-state index contributed by atoms with van der Waals surface area (Å²) < 4.78 is 11.2. The molecule has 2 N–H and O–H groups in total. The minimum absolute atomic E-state index is 0.499. The van der Waals surface area contributed by atoms with E-state index in [4.69, 9.17) is 9.47 Å². The Morgan fingerprint density at radius 2 is 1.96 bits per heavy atom. The summed E-state index contributed by atoms with van der Waals surface area (Å²) in [7, 11) is 3.07. The van der Waals surface area contributed by atoms with Crippen LogP contribution < -0.4 is 14.9 Å². The first-order valence-corrected chi connectivity index (χ1v) is 7.83. The van der Waals surface area contributed by atoms with E-state index in [1.807, 2.05) is 0 Å². The largest absolute Gasteiger partial charge is 0.493 e. The first-order chi connectivity index (χ1) is 11.6. The minimum Gasteiger partial charge on any atom is -0.493 e. The van der Waals surface area contributed by atoms with Crippen LogP contribution in [0.1, 0.15) is 17.2 Å². The number of carbonyl (C=O) groups excluding carboxylic acids is 1. The predicted octanol–water partition coefficient (Wildman–Crippen LogP) is 2.65. The first-order valence-electron chi connectivity index (χ1n) is 7.04. The second kappa shape index (κ2) is 8.47. The summed E-state index contributed by atoms with van der Waals surface area (Å²) in [5.74, 6) is 0.485. The Balaban J connectivity index is 2.06. The SMILES string of the molecule is COc1cc(C=NNC(=O)C(O)c2ccccc2)cc(Br)c1OC. The number of rotatable bonds is 6. The lowest BCUT2D eigenvalue weighted by atomic mass is 10.1. The van der Waals surface area contributed by atoms with Gasteiger partial charge in [0.1, 0.15) is 0 Å². The first kappa shape index (κ1) is 18.0. The molecule has 0 aromatic heterocycles. The van der Waals surface area contributed by atoms with Gasteiger partial charge in [-0.2, -0.15) is 5.10 Å². The van der Waals surface area contributed by atoms with Crippen molar-refractivity contribution in [3.05, 3.63) is 58.1 Å². The molecule has 7 heteroatoms. The van der Waals surface area contributed by atoms with Gasteiger partial charge in [0.2, 0.25) is 0 Å². The fourth-order valence-corrected chi connectivity index (χ4v) is 2.65. The number of nitrogens with zero attached hydrogens (tertiary/aromatic N) is 1. The van der Waals surface area contributed by atoms with Gasteiger partial charge in [0.15, 0.2) is 17.6 Å². The molecule has 0 heterocycles. The van der Waals surface area contributed by atoms with Gasteiger partial charge in [-0.25, -0.2) is 5.43 Å². The lowest BCUT2D eigenvalue weighted by molar-refractivity contribution is -0.129. The van der Waals surface area contributed by atoms with Crippen LogP contribution in [0, 0.1) is 0 Å². The Bertz CT molecular complexity index is 735. The van der Waals surface area contributed by atoms with Crippen molar-refractivity contribution in [2.45, 2.75) is 6.10 Å². The molecule has 1 atom stereocenters. The Morgan fingerprint density at radius 1 is 1.25 bits per heavy atom. The third kappa shape index (κ3) is 4.33. The van der Waals surface area contributed by atoms with Crippen molar-refractivity contribution in [2.75, 3.05) is 14.2 Å². The molecule has 0 saturated carbocycles. The molecule has 0 spiro atoms. The van der Waals surface area contributed by atoms with E-state index in [0.29, 0.717) is 27.1 Å². The van der Waals surface area contributed by atoms with E-state index >= 15 is 0 Å². The van der Waals surface area contributed by atoms with Gasteiger partial charge in [-0.05, 0) is 39.2 Å². The molecule has 1 unspecified atom stereocenters. The van der Waals surface area contributed by atoms with Gasteiger partial charge in [0, 0.05) is 0 Å². The van der Waals surface area contributed by atoms with E-state index in [2.05, 4.69) is 26.5 Å². The third-order valence-electron chi connectivity index (χ3n) is 3.21. The fourth-order valence-electron chi connectivity index (χ4n) is 2.03. The third-order valence-corrected chi connectivity index (χ3v) is 3.80. The quantitative estimate of drug-likeness (QED) is 0.584. The average molecular weight is 393 g/mol. The van der Waals surface area contributed by atoms with Crippen LogP contribution in [0.25, 0.3) is 0 Å². The molecular weight excluding hydrogens is 376 g/mol. The maximum Gasteiger partial charge on any atom is 0.273 e. The molecule has 0 bridgehead atoms. The van der Waals surface area contributed by atoms with Gasteiger partial charge < -0.3 is 14.6 Å². The number of ether oxygens (including phenoxy) is 2. The number of amides is 1. The summed E-state index contributed by atoms with van der Waals surface area (Å²) in [4.78, 5) is 11.9. The second-order valence-corrected chi connectivity index (χ2v) is 5.64. The Labute approximate surface area is 148 Å². The topological polar surface area (TPSA) is 80.2 Å². The van der Waals surface area contributed by atoms with Crippen molar-refractivity contribution in [1.82, 2.24) is 5.43 Å². The fraction of sp³-hybridized carbons (Fsp3) is 0.176. The molecule has 6 nitrogen and oxygen atoms in total. The van der Waals surface area contributed by atoms with Gasteiger partial charge in [-0.1, -0.05) is 30.3 Å². The molecule has 0 fully saturated rings. The van der Waals surface area contributed by atoms with E-state index in [9.17, 15) is 9.90 Å². The van der Waals surface area contributed by atoms with Gasteiger partial charge in [0.05, 0.1) is 24.9 Å². The second-order valence-electron chi connectivity index (χ2n) is 4.79. The predicted molar refractivity (Wildman–Crippen MR) is 94.4 cm³/mol. The Morgan fingerprint density at radius 3 is 2.58 bits per heavy atom. The zero-order valence-electron chi connectivity index (χ0n) is 13.2. The number of carbonyl (C=O) groups is 1. The average Bonchev–Trinajstić information content (AvgIpc) is 2.61. The molecule has 0 aliphatic rings. The summed E-state index contributed by atoms with van der Waals surface area (Å²) in [6.45, 7) is 0. The lowest BCUT2D eigenvalue weighted by Gasteiger charge is -2.10. The van der Waals surface area contributed by atoms with Crippen LogP contribution in [0.5, 0.6) is 11.5 Å². The van der Waals surface area contributed by atoms with E-state index in [-0.39, 0.29) is 0 Å². The number of methoxy groups -OCH3 is 2. The van der Waals surface area contributed by atoms with Gasteiger partial charge >= 0.3 is 0 Å². The molecule has 0 aliphatic heterocycles. The molecule has 0 saturated heterocycles. The summed E-state index contributed by atoms with van der Waals surface area (Å²) >= 11 is 3.38. The van der Waals surface area contributed by atoms with Crippen LogP contribution in [0.4, 0.5) is 0 Å². The smallest absolute Gasteiger partial charge is 0.273 e. The molecule has 24 heavy (non-hydrogen) atoms. The van der Waals surface area contributed by atoms with Crippen molar-refractivity contribution in [3.8, 4) is 11.5 Å². The number of hydrogen-bond acceptors (Lipinski definition) is 5. The van der Waals surface area contributed by atoms with E-state index in [1.165, 1.54) is 13.3 Å². The van der Waals surface area contributed by atoms with Crippen LogP contribution in [0.2, 0.25) is 0 Å². The molecule has 2 aromatic carbocycles. The van der Waals surface area contributed by atoms with Crippen molar-refractivity contribution in [1.29, 1.82) is 0 Å². The van der Waals surface area contributed by atoms with E-state index < -0.39 is 12.0 Å². The number of aliphatic hydroxyl groups is 1. The van der Waals surface area contributed by atoms with Gasteiger partial charge in [0.25, 0.3) is 5.91 Å². The zero-order chi connectivity index (χ0) is 17.5. The summed E-state index contributed by atoms with van der Waals surface area (Å²) in [5.41, 5.74) is 3.50. The van der Waals surface area contributed by atoms with E-state index in [0.717, 1.165) is 0 Å². The monoisotopic (exact) mass is 392 g/mol. The highest BCUT2D eigenvalue weighted by Crippen LogP contribution is 2.35. The van der Waals surface area contributed by atoms with Gasteiger partial charge in [-0.15, -0.1) is 0 Å². The van der Waals surface area contributed by atoms with Crippen LogP contribution in [0.15, 0.2) is 52.0 Å². The molecule has 1 amide bonds. The summed E-state index contributed by atoms with van der Waals surface area (Å²) in [5, 5.41) is 13.8. The number of nitrogens with one attached hydrogen (secondary N) is 1. The normalized spacial score (nSPS) is 12.0. The summed E-state index contributed by atoms with van der Waals surface area (Å²) in [6.07, 6.45) is 0.169. The number of aliphatic hydroxyl groups excluding tert-OH is 1. The van der Waals surface area contributed by atoms with Crippen molar-refractivity contribution in [3.63, 3.8) is 0 Å². The molecular formula is C17H17BrN2O4. The molecule has 0 radical (unpaired) electrons. The molecule has 126 valence electrons. The summed E-state index contributed by atoms with van der Waals surface area (Å²) in [6, 6.07) is 12.1. The van der Waals surface area contributed by atoms with Crippen molar-refractivity contribution >= 4 is 28.1 Å². The van der Waals surface area contributed by atoms with E-state index in [1.54, 1.807) is 49.6 Å². The highest BCUT2D eigenvalue weighted by atomic mass is 79.9. The Hall–Kier alpha value is -2.38. The van der Waals surface area contributed by atoms with Crippen LogP contribution >= 0.6 is 15.9 Å². The van der Waals surface area contributed by atoms with Crippen LogP contribution in [0.3, 0.4) is 0 Å².